The van der Waals surface area contributed by atoms with Gasteiger partial charge in [-0.1, -0.05) is 0 Å². The molecule has 20 heavy (non-hydrogen) atoms. The summed E-state index contributed by atoms with van der Waals surface area (Å²) >= 11 is 1.49. The summed E-state index contributed by atoms with van der Waals surface area (Å²) in [6.07, 6.45) is -4.73. The molecule has 3 nitrogen and oxygen atoms in total. The third-order valence-corrected chi connectivity index (χ3v) is 3.38. The Morgan fingerprint density at radius 3 is 2.55 bits per heavy atom. The minimum atomic E-state index is -4.73. The van der Waals surface area contributed by atoms with Crippen molar-refractivity contribution in [2.75, 3.05) is 7.11 Å². The Morgan fingerprint density at radius 2 is 2.00 bits per heavy atom. The van der Waals surface area contributed by atoms with Crippen LogP contribution in [0, 0.1) is 0 Å². The molecule has 1 aromatic heterocycles. The van der Waals surface area contributed by atoms with Gasteiger partial charge in [0.05, 0.1) is 13.2 Å². The fourth-order valence-electron chi connectivity index (χ4n) is 1.78. The Balaban J connectivity index is 2.31. The van der Waals surface area contributed by atoms with E-state index in [-0.39, 0.29) is 11.5 Å². The summed E-state index contributed by atoms with van der Waals surface area (Å²) in [6.45, 7) is 0. The first kappa shape index (κ1) is 14.7. The van der Waals surface area contributed by atoms with Crippen molar-refractivity contribution in [2.24, 2.45) is 5.73 Å². The van der Waals surface area contributed by atoms with E-state index < -0.39 is 12.4 Å². The van der Waals surface area contributed by atoms with Crippen molar-refractivity contribution in [3.63, 3.8) is 0 Å². The molecule has 7 heteroatoms. The van der Waals surface area contributed by atoms with E-state index in [0.29, 0.717) is 5.56 Å². The molecule has 1 heterocycles. The molecule has 0 aliphatic carbocycles. The summed E-state index contributed by atoms with van der Waals surface area (Å²) in [5.74, 6) is -0.0823. The average molecular weight is 303 g/mol. The molecule has 0 aliphatic rings. The third-order valence-electron chi connectivity index (χ3n) is 2.68. The van der Waals surface area contributed by atoms with Gasteiger partial charge >= 0.3 is 6.36 Å². The van der Waals surface area contributed by atoms with Crippen LogP contribution in [0.15, 0.2) is 35.0 Å². The smallest absolute Gasteiger partial charge is 0.496 e. The number of alkyl halides is 3. The van der Waals surface area contributed by atoms with E-state index in [9.17, 15) is 13.2 Å². The summed E-state index contributed by atoms with van der Waals surface area (Å²) in [6, 6.07) is 5.26. The molecule has 0 fully saturated rings. The molecule has 2 N–H and O–H groups in total. The number of halogens is 3. The highest BCUT2D eigenvalue weighted by Gasteiger charge is 2.31. The molecule has 0 aliphatic heterocycles. The Hall–Kier alpha value is -1.73. The van der Waals surface area contributed by atoms with Crippen LogP contribution in [0.25, 0.3) is 0 Å². The van der Waals surface area contributed by atoms with E-state index in [1.54, 1.807) is 0 Å². The summed E-state index contributed by atoms with van der Waals surface area (Å²) in [5, 5.41) is 3.76. The number of ether oxygens (including phenoxy) is 2. The molecule has 0 radical (unpaired) electrons. The first-order valence-corrected chi connectivity index (χ1v) is 6.56. The second-order valence-corrected chi connectivity index (χ2v) is 4.77. The molecule has 0 bridgehead atoms. The second kappa shape index (κ2) is 5.72. The van der Waals surface area contributed by atoms with Gasteiger partial charge in [0.2, 0.25) is 0 Å². The molecule has 108 valence electrons. The van der Waals surface area contributed by atoms with Crippen molar-refractivity contribution in [3.8, 4) is 11.5 Å². The predicted octanol–water partition coefficient (Wildman–Crippen LogP) is 3.70. The maximum atomic E-state index is 12.2. The van der Waals surface area contributed by atoms with E-state index in [2.05, 4.69) is 4.74 Å². The highest BCUT2D eigenvalue weighted by atomic mass is 32.1. The van der Waals surface area contributed by atoms with Gasteiger partial charge in [0.15, 0.2) is 0 Å². The lowest BCUT2D eigenvalue weighted by atomic mass is 10.0. The van der Waals surface area contributed by atoms with Gasteiger partial charge in [0.25, 0.3) is 0 Å². The van der Waals surface area contributed by atoms with Crippen molar-refractivity contribution >= 4 is 11.3 Å². The van der Waals surface area contributed by atoms with Crippen molar-refractivity contribution in [3.05, 3.63) is 46.2 Å². The van der Waals surface area contributed by atoms with Gasteiger partial charge in [-0.25, -0.2) is 0 Å². The highest BCUT2D eigenvalue weighted by molar-refractivity contribution is 7.08. The molecule has 0 unspecified atom stereocenters. The molecule has 0 spiro atoms. The predicted molar refractivity (Wildman–Crippen MR) is 70.0 cm³/mol. The minimum absolute atomic E-state index is 0.255. The SMILES string of the molecule is COc1cc(OC(F)(F)F)ccc1[C@H](N)c1ccsc1. The Labute approximate surface area is 117 Å². The lowest BCUT2D eigenvalue weighted by Gasteiger charge is -2.16. The monoisotopic (exact) mass is 303 g/mol. The van der Waals surface area contributed by atoms with Gasteiger partial charge in [-0.2, -0.15) is 11.3 Å². The van der Waals surface area contributed by atoms with Crippen LogP contribution < -0.4 is 15.2 Å². The largest absolute Gasteiger partial charge is 0.573 e. The van der Waals surface area contributed by atoms with Gasteiger partial charge in [-0.3, -0.25) is 0 Å². The Bertz CT molecular complexity index is 569. The van der Waals surface area contributed by atoms with Crippen molar-refractivity contribution in [2.45, 2.75) is 12.4 Å². The zero-order valence-corrected chi connectivity index (χ0v) is 11.3. The fourth-order valence-corrected chi connectivity index (χ4v) is 2.47. The quantitative estimate of drug-likeness (QED) is 0.936. The van der Waals surface area contributed by atoms with Crippen LogP contribution in [0.2, 0.25) is 0 Å². The van der Waals surface area contributed by atoms with Crippen molar-refractivity contribution in [1.82, 2.24) is 0 Å². The molecule has 0 amide bonds. The Kier molecular flexibility index (Phi) is 4.20. The molecule has 2 rings (SSSR count). The average Bonchev–Trinajstić information content (AvgIpc) is 2.89. The first-order valence-electron chi connectivity index (χ1n) is 5.62. The number of thiophene rings is 1. The standard InChI is InChI=1S/C13H12F3NO2S/c1-18-11-6-9(19-13(14,15)16)2-3-10(11)12(17)8-4-5-20-7-8/h2-7,12H,17H2,1H3/t12-/m1/s1. The van der Waals surface area contributed by atoms with Gasteiger partial charge in [0, 0.05) is 11.6 Å². The number of hydrogen-bond donors (Lipinski definition) is 1. The van der Waals surface area contributed by atoms with Crippen LogP contribution in [0.1, 0.15) is 17.2 Å². The summed E-state index contributed by atoms with van der Waals surface area (Å²) < 4.78 is 45.5. The zero-order valence-electron chi connectivity index (χ0n) is 10.5. The molecular formula is C13H12F3NO2S. The van der Waals surface area contributed by atoms with Crippen LogP contribution in [0.5, 0.6) is 11.5 Å². The van der Waals surface area contributed by atoms with E-state index >= 15 is 0 Å². The maximum absolute atomic E-state index is 12.2. The molecule has 2 aromatic rings. The Morgan fingerprint density at radius 1 is 1.25 bits per heavy atom. The number of hydrogen-bond acceptors (Lipinski definition) is 4. The van der Waals surface area contributed by atoms with Gasteiger partial charge in [-0.05, 0) is 34.5 Å². The summed E-state index contributed by atoms with van der Waals surface area (Å²) in [7, 11) is 1.37. The fraction of sp³-hybridized carbons (Fsp3) is 0.231. The van der Waals surface area contributed by atoms with E-state index in [0.717, 1.165) is 5.56 Å². The second-order valence-electron chi connectivity index (χ2n) is 3.99. The molecule has 1 atom stereocenters. The zero-order chi connectivity index (χ0) is 14.8. The number of benzene rings is 1. The summed E-state index contributed by atoms with van der Waals surface area (Å²) in [4.78, 5) is 0. The topological polar surface area (TPSA) is 44.5 Å². The summed E-state index contributed by atoms with van der Waals surface area (Å²) in [5.41, 5.74) is 7.55. The van der Waals surface area contributed by atoms with Crippen LogP contribution in [0.4, 0.5) is 13.2 Å². The van der Waals surface area contributed by atoms with Gasteiger partial charge < -0.3 is 15.2 Å². The van der Waals surface area contributed by atoms with E-state index in [1.165, 1.54) is 36.6 Å². The maximum Gasteiger partial charge on any atom is 0.573 e. The molecule has 0 saturated heterocycles. The van der Waals surface area contributed by atoms with Crippen LogP contribution >= 0.6 is 11.3 Å². The lowest BCUT2D eigenvalue weighted by molar-refractivity contribution is -0.274. The molecule has 1 aromatic carbocycles. The molecular weight excluding hydrogens is 291 g/mol. The third kappa shape index (κ3) is 3.43. The minimum Gasteiger partial charge on any atom is -0.496 e. The number of methoxy groups -OCH3 is 1. The van der Waals surface area contributed by atoms with E-state index in [1.807, 2.05) is 16.8 Å². The normalized spacial score (nSPS) is 13.1. The van der Waals surface area contributed by atoms with Gasteiger partial charge in [-0.15, -0.1) is 13.2 Å². The van der Waals surface area contributed by atoms with Crippen molar-refractivity contribution in [1.29, 1.82) is 0 Å². The van der Waals surface area contributed by atoms with Crippen LogP contribution in [-0.4, -0.2) is 13.5 Å². The lowest BCUT2D eigenvalue weighted by Crippen LogP contribution is -2.17. The highest BCUT2D eigenvalue weighted by Crippen LogP contribution is 2.34. The first-order chi connectivity index (χ1) is 9.40. The number of rotatable bonds is 4. The van der Waals surface area contributed by atoms with Gasteiger partial charge in [0.1, 0.15) is 11.5 Å². The van der Waals surface area contributed by atoms with Crippen LogP contribution in [-0.2, 0) is 0 Å². The van der Waals surface area contributed by atoms with Crippen LogP contribution in [0.3, 0.4) is 0 Å². The molecule has 0 saturated carbocycles. The number of nitrogens with two attached hydrogens (primary N) is 1. The van der Waals surface area contributed by atoms with Crippen molar-refractivity contribution < 1.29 is 22.6 Å². The van der Waals surface area contributed by atoms with E-state index in [4.69, 9.17) is 10.5 Å².